The summed E-state index contributed by atoms with van der Waals surface area (Å²) < 4.78 is 5.22. The molecule has 258 valence electrons. The van der Waals surface area contributed by atoms with Crippen LogP contribution in [0.2, 0.25) is 0 Å². The van der Waals surface area contributed by atoms with Crippen molar-refractivity contribution in [1.29, 1.82) is 0 Å². The maximum atomic E-state index is 2.48. The fourth-order valence-electron chi connectivity index (χ4n) is 8.38. The lowest BCUT2D eigenvalue weighted by atomic mass is 9.91. The van der Waals surface area contributed by atoms with Crippen LogP contribution in [0.25, 0.3) is 84.5 Å². The Hall–Kier alpha value is -6.52. The molecule has 0 spiro atoms. The molecule has 2 heterocycles. The number of fused-ring (bicyclic) bond motifs is 7. The molecule has 0 amide bonds. The van der Waals surface area contributed by atoms with E-state index in [1.165, 1.54) is 90.2 Å². The van der Waals surface area contributed by atoms with Crippen LogP contribution in [0, 0.1) is 0 Å². The molecule has 0 aliphatic rings. The fraction of sp³-hybridized carbons (Fsp3) is 0. The summed E-state index contributed by atoms with van der Waals surface area (Å²) in [7, 11) is 0. The summed E-state index contributed by atoms with van der Waals surface area (Å²) in [5.41, 5.74) is 10.7. The lowest BCUT2D eigenvalue weighted by Gasteiger charge is -2.29. The fourth-order valence-corrected chi connectivity index (χ4v) is 10.6. The van der Waals surface area contributed by atoms with Crippen molar-refractivity contribution in [2.24, 2.45) is 0 Å². The molecular formula is C52H33NS2. The Morgan fingerprint density at radius 3 is 1.71 bits per heavy atom. The third-order valence-corrected chi connectivity index (χ3v) is 13.2. The van der Waals surface area contributed by atoms with Crippen LogP contribution >= 0.6 is 22.7 Å². The summed E-state index contributed by atoms with van der Waals surface area (Å²) in [6, 6.07) is 73.5. The second-order valence-corrected chi connectivity index (χ2v) is 16.2. The lowest BCUT2D eigenvalue weighted by Crippen LogP contribution is -2.11. The van der Waals surface area contributed by atoms with Gasteiger partial charge in [-0.25, -0.2) is 0 Å². The highest BCUT2D eigenvalue weighted by molar-refractivity contribution is 7.26. The molecule has 0 aliphatic heterocycles. The number of thiophene rings is 2. The Kier molecular flexibility index (Phi) is 7.61. The highest BCUT2D eigenvalue weighted by Gasteiger charge is 2.22. The van der Waals surface area contributed by atoms with Crippen molar-refractivity contribution in [3.63, 3.8) is 0 Å². The number of anilines is 3. The van der Waals surface area contributed by atoms with Gasteiger partial charge in [0.2, 0.25) is 0 Å². The molecule has 0 aliphatic carbocycles. The van der Waals surface area contributed by atoms with E-state index in [0.717, 1.165) is 11.4 Å². The zero-order valence-electron chi connectivity index (χ0n) is 29.8. The number of para-hydroxylation sites is 1. The Labute approximate surface area is 327 Å². The second kappa shape index (κ2) is 13.1. The first-order chi connectivity index (χ1) is 27.3. The zero-order chi connectivity index (χ0) is 36.3. The summed E-state index contributed by atoms with van der Waals surface area (Å²) in [5.74, 6) is 0. The number of rotatable bonds is 6. The molecule has 0 fully saturated rings. The first-order valence-corrected chi connectivity index (χ1v) is 20.3. The molecule has 0 radical (unpaired) electrons. The summed E-state index contributed by atoms with van der Waals surface area (Å²) in [6.45, 7) is 0. The normalized spacial score (nSPS) is 11.6. The minimum absolute atomic E-state index is 1.11. The molecule has 0 N–H and O–H groups in total. The molecule has 0 unspecified atom stereocenters. The minimum Gasteiger partial charge on any atom is -0.309 e. The van der Waals surface area contributed by atoms with Crippen molar-refractivity contribution >= 4 is 90.9 Å². The van der Waals surface area contributed by atoms with Gasteiger partial charge < -0.3 is 4.90 Å². The Bertz CT molecular complexity index is 3220. The van der Waals surface area contributed by atoms with Crippen molar-refractivity contribution in [1.82, 2.24) is 0 Å². The van der Waals surface area contributed by atoms with Gasteiger partial charge in [0.15, 0.2) is 0 Å². The quantitative estimate of drug-likeness (QED) is 0.164. The van der Waals surface area contributed by atoms with Gasteiger partial charge in [-0.2, -0.15) is 0 Å². The van der Waals surface area contributed by atoms with Crippen molar-refractivity contribution in [3.05, 3.63) is 200 Å². The molecule has 2 aromatic heterocycles. The van der Waals surface area contributed by atoms with E-state index < -0.39 is 0 Å². The van der Waals surface area contributed by atoms with Crippen LogP contribution in [0.3, 0.4) is 0 Å². The molecule has 55 heavy (non-hydrogen) atoms. The molecular weight excluding hydrogens is 703 g/mol. The maximum Gasteiger partial charge on any atom is 0.0555 e. The van der Waals surface area contributed by atoms with E-state index in [-0.39, 0.29) is 0 Å². The predicted molar refractivity (Wildman–Crippen MR) is 241 cm³/mol. The van der Waals surface area contributed by atoms with E-state index >= 15 is 0 Å². The van der Waals surface area contributed by atoms with Gasteiger partial charge in [-0.3, -0.25) is 0 Å². The van der Waals surface area contributed by atoms with Gasteiger partial charge in [-0.1, -0.05) is 146 Å². The topological polar surface area (TPSA) is 3.24 Å². The standard InChI is InChI=1S/C52H33NS2/c1-2-15-38-34(13-1)14-11-21-42(38)41-18-4-3-16-39(41)35-27-30-37(31-28-35)53(47-23-12-26-51-52(47)44-20-7-10-25-49(44)55-51)46-22-8-5-17-40(46)36-29-32-50-45(33-36)43-19-6-9-24-48(43)54-50/h1-33H. The third-order valence-electron chi connectivity index (χ3n) is 10.9. The van der Waals surface area contributed by atoms with Crippen LogP contribution in [0.5, 0.6) is 0 Å². The van der Waals surface area contributed by atoms with E-state index in [9.17, 15) is 0 Å². The molecule has 3 heteroatoms. The van der Waals surface area contributed by atoms with Crippen LogP contribution in [-0.4, -0.2) is 0 Å². The number of nitrogens with zero attached hydrogens (tertiary/aromatic N) is 1. The average Bonchev–Trinajstić information content (AvgIpc) is 3.83. The van der Waals surface area contributed by atoms with Crippen LogP contribution in [-0.2, 0) is 0 Å². The van der Waals surface area contributed by atoms with E-state index in [2.05, 4.69) is 205 Å². The molecule has 9 aromatic carbocycles. The first kappa shape index (κ1) is 32.0. The number of hydrogen-bond acceptors (Lipinski definition) is 3. The van der Waals surface area contributed by atoms with Crippen LogP contribution < -0.4 is 4.90 Å². The summed E-state index contributed by atoms with van der Waals surface area (Å²) in [5, 5.41) is 7.70. The van der Waals surface area contributed by atoms with E-state index in [0.29, 0.717) is 0 Å². The molecule has 11 aromatic rings. The van der Waals surface area contributed by atoms with Crippen molar-refractivity contribution in [3.8, 4) is 33.4 Å². The maximum absolute atomic E-state index is 2.48. The SMILES string of the molecule is c1ccc(-c2cccc3ccccc23)c(-c2ccc(N(c3ccccc3-c3ccc4sc5ccccc5c4c3)c3cccc4sc5ccccc5c34)cc2)c1. The third kappa shape index (κ3) is 5.35. The van der Waals surface area contributed by atoms with Crippen LogP contribution in [0.4, 0.5) is 17.1 Å². The first-order valence-electron chi connectivity index (χ1n) is 18.7. The average molecular weight is 736 g/mol. The van der Waals surface area contributed by atoms with Crippen molar-refractivity contribution in [2.75, 3.05) is 4.90 Å². The lowest BCUT2D eigenvalue weighted by molar-refractivity contribution is 1.30. The smallest absolute Gasteiger partial charge is 0.0555 e. The van der Waals surface area contributed by atoms with Crippen molar-refractivity contribution in [2.45, 2.75) is 0 Å². The largest absolute Gasteiger partial charge is 0.309 e. The summed E-state index contributed by atoms with van der Waals surface area (Å²) >= 11 is 3.73. The number of hydrogen-bond donors (Lipinski definition) is 0. The van der Waals surface area contributed by atoms with Crippen molar-refractivity contribution < 1.29 is 0 Å². The molecule has 0 saturated carbocycles. The van der Waals surface area contributed by atoms with Gasteiger partial charge in [0.1, 0.15) is 0 Å². The predicted octanol–water partition coefficient (Wildman–Crippen LogP) is 16.0. The zero-order valence-corrected chi connectivity index (χ0v) is 31.4. The van der Waals surface area contributed by atoms with Crippen LogP contribution in [0.1, 0.15) is 0 Å². The van der Waals surface area contributed by atoms with E-state index in [4.69, 9.17) is 0 Å². The Morgan fingerprint density at radius 2 is 0.855 bits per heavy atom. The summed E-state index contributed by atoms with van der Waals surface area (Å²) in [4.78, 5) is 2.48. The molecule has 0 saturated heterocycles. The molecule has 11 rings (SSSR count). The number of benzene rings is 9. The van der Waals surface area contributed by atoms with Crippen LogP contribution in [0.15, 0.2) is 200 Å². The van der Waals surface area contributed by atoms with Gasteiger partial charge in [0.25, 0.3) is 0 Å². The minimum atomic E-state index is 1.11. The molecule has 0 bridgehead atoms. The van der Waals surface area contributed by atoms with E-state index in [1.807, 2.05) is 22.7 Å². The Balaban J connectivity index is 1.11. The van der Waals surface area contributed by atoms with E-state index in [1.54, 1.807) is 0 Å². The van der Waals surface area contributed by atoms with Gasteiger partial charge in [0, 0.05) is 51.6 Å². The highest BCUT2D eigenvalue weighted by Crippen LogP contribution is 2.48. The second-order valence-electron chi connectivity index (χ2n) is 14.0. The van der Waals surface area contributed by atoms with Gasteiger partial charge in [-0.05, 0) is 93.2 Å². The highest BCUT2D eigenvalue weighted by atomic mass is 32.1. The monoisotopic (exact) mass is 735 g/mol. The van der Waals surface area contributed by atoms with Gasteiger partial charge in [0.05, 0.1) is 11.4 Å². The molecule has 0 atom stereocenters. The van der Waals surface area contributed by atoms with Gasteiger partial charge in [-0.15, -0.1) is 22.7 Å². The molecule has 1 nitrogen and oxygen atoms in total. The van der Waals surface area contributed by atoms with Gasteiger partial charge >= 0.3 is 0 Å². The summed E-state index contributed by atoms with van der Waals surface area (Å²) in [6.07, 6.45) is 0. The Morgan fingerprint density at radius 1 is 0.309 bits per heavy atom.